The van der Waals surface area contributed by atoms with Crippen molar-refractivity contribution in [3.8, 4) is 5.75 Å². The van der Waals surface area contributed by atoms with Crippen LogP contribution < -0.4 is 4.74 Å². The van der Waals surface area contributed by atoms with E-state index < -0.39 is 12.1 Å². The molecule has 7 nitrogen and oxygen atoms in total. The van der Waals surface area contributed by atoms with Crippen molar-refractivity contribution < 1.29 is 33.6 Å². The molecule has 1 fully saturated rings. The standard InChI is InChI=1S/C19H28O7/c1-2-22-11-12-24-14-13-23-9-3-4-10-25-16-7-5-15(6-8-16)17-18(26-17)19(20)21/h5-8,17-18H,2-4,9-14H2,1H3,(H,20,21). The van der Waals surface area contributed by atoms with Crippen molar-refractivity contribution in [1.29, 1.82) is 0 Å². The van der Waals surface area contributed by atoms with Gasteiger partial charge in [0.25, 0.3) is 0 Å². The summed E-state index contributed by atoms with van der Waals surface area (Å²) in [6.07, 6.45) is 0.784. The van der Waals surface area contributed by atoms with E-state index >= 15 is 0 Å². The number of aliphatic carboxylic acids is 1. The number of carboxylic acids is 1. The van der Waals surface area contributed by atoms with Gasteiger partial charge >= 0.3 is 5.97 Å². The van der Waals surface area contributed by atoms with Crippen molar-refractivity contribution in [2.45, 2.75) is 32.0 Å². The Morgan fingerprint density at radius 2 is 1.58 bits per heavy atom. The highest BCUT2D eigenvalue weighted by Gasteiger charge is 2.46. The topological polar surface area (TPSA) is 86.8 Å². The summed E-state index contributed by atoms with van der Waals surface area (Å²) < 4.78 is 26.8. The normalized spacial score (nSPS) is 18.7. The predicted molar refractivity (Wildman–Crippen MR) is 94.6 cm³/mol. The number of hydrogen-bond acceptors (Lipinski definition) is 6. The van der Waals surface area contributed by atoms with Gasteiger partial charge < -0.3 is 28.8 Å². The van der Waals surface area contributed by atoms with Gasteiger partial charge in [-0.1, -0.05) is 12.1 Å². The van der Waals surface area contributed by atoms with Crippen molar-refractivity contribution in [1.82, 2.24) is 0 Å². The van der Waals surface area contributed by atoms with Crippen molar-refractivity contribution in [3.05, 3.63) is 29.8 Å². The number of carboxylic acid groups (broad SMARTS) is 1. The maximum absolute atomic E-state index is 10.8. The van der Waals surface area contributed by atoms with E-state index in [0.29, 0.717) is 46.2 Å². The zero-order chi connectivity index (χ0) is 18.6. The lowest BCUT2D eigenvalue weighted by atomic mass is 10.1. The largest absolute Gasteiger partial charge is 0.494 e. The minimum absolute atomic E-state index is 0.332. The van der Waals surface area contributed by atoms with Crippen molar-refractivity contribution in [2.24, 2.45) is 0 Å². The first-order valence-corrected chi connectivity index (χ1v) is 9.06. The monoisotopic (exact) mass is 368 g/mol. The Balaban J connectivity index is 1.43. The van der Waals surface area contributed by atoms with Crippen LogP contribution in [0, 0.1) is 0 Å². The van der Waals surface area contributed by atoms with Crippen LogP contribution in [0.3, 0.4) is 0 Å². The van der Waals surface area contributed by atoms with E-state index in [1.165, 1.54) is 0 Å². The van der Waals surface area contributed by atoms with Gasteiger partial charge in [0.1, 0.15) is 11.9 Å². The molecule has 0 aliphatic carbocycles. The molecule has 146 valence electrons. The molecule has 0 saturated carbocycles. The van der Waals surface area contributed by atoms with E-state index in [1.54, 1.807) is 0 Å². The fraction of sp³-hybridized carbons (Fsp3) is 0.632. The first kappa shape index (κ1) is 20.6. The molecule has 0 bridgehead atoms. The lowest BCUT2D eigenvalue weighted by molar-refractivity contribution is -0.138. The molecule has 2 unspecified atom stereocenters. The smallest absolute Gasteiger partial charge is 0.335 e. The molecule has 1 N–H and O–H groups in total. The predicted octanol–water partition coefficient (Wildman–Crippen LogP) is 2.44. The summed E-state index contributed by atoms with van der Waals surface area (Å²) in [5.74, 6) is -0.153. The summed E-state index contributed by atoms with van der Waals surface area (Å²) in [4.78, 5) is 10.8. The summed E-state index contributed by atoms with van der Waals surface area (Å²) >= 11 is 0. The van der Waals surface area contributed by atoms with Crippen molar-refractivity contribution in [3.63, 3.8) is 0 Å². The highest BCUT2D eigenvalue weighted by molar-refractivity contribution is 5.76. The lowest BCUT2D eigenvalue weighted by Crippen LogP contribution is -2.10. The molecule has 0 aromatic heterocycles. The number of hydrogen-bond donors (Lipinski definition) is 1. The van der Waals surface area contributed by atoms with Crippen LogP contribution in [0.2, 0.25) is 0 Å². The Morgan fingerprint density at radius 1 is 0.962 bits per heavy atom. The van der Waals surface area contributed by atoms with E-state index in [-0.39, 0.29) is 6.10 Å². The molecule has 0 amide bonds. The molecule has 1 aliphatic rings. The third-order valence-electron chi connectivity index (χ3n) is 3.84. The first-order chi connectivity index (χ1) is 12.7. The zero-order valence-corrected chi connectivity index (χ0v) is 15.2. The Kier molecular flexibility index (Phi) is 9.41. The number of rotatable bonds is 15. The van der Waals surface area contributed by atoms with Crippen LogP contribution in [0.5, 0.6) is 5.75 Å². The van der Waals surface area contributed by atoms with Gasteiger partial charge in [-0.3, -0.25) is 0 Å². The van der Waals surface area contributed by atoms with E-state index in [9.17, 15) is 4.79 Å². The molecule has 1 aromatic rings. The minimum Gasteiger partial charge on any atom is -0.494 e. The number of ether oxygens (including phenoxy) is 5. The fourth-order valence-electron chi connectivity index (χ4n) is 2.39. The molecule has 0 spiro atoms. The maximum atomic E-state index is 10.8. The third kappa shape index (κ3) is 7.70. The molecular formula is C19H28O7. The van der Waals surface area contributed by atoms with Crippen LogP contribution in [-0.4, -0.2) is 63.4 Å². The average Bonchev–Trinajstić information content (AvgIpc) is 3.44. The van der Waals surface area contributed by atoms with E-state index in [1.807, 2.05) is 31.2 Å². The van der Waals surface area contributed by atoms with E-state index in [2.05, 4.69) is 0 Å². The van der Waals surface area contributed by atoms with Crippen LogP contribution in [-0.2, 0) is 23.7 Å². The molecule has 0 radical (unpaired) electrons. The summed E-state index contributed by atoms with van der Waals surface area (Å²) in [5, 5.41) is 8.85. The molecule has 1 aromatic carbocycles. The van der Waals surface area contributed by atoms with Gasteiger partial charge in [0.05, 0.1) is 33.0 Å². The second-order valence-electron chi connectivity index (χ2n) is 5.86. The zero-order valence-electron chi connectivity index (χ0n) is 15.2. The van der Waals surface area contributed by atoms with Crippen molar-refractivity contribution in [2.75, 3.05) is 46.2 Å². The molecule has 1 aliphatic heterocycles. The van der Waals surface area contributed by atoms with Crippen LogP contribution in [0.4, 0.5) is 0 Å². The first-order valence-electron chi connectivity index (χ1n) is 9.06. The number of benzene rings is 1. The average molecular weight is 368 g/mol. The number of carbonyl (C=O) groups is 1. The van der Waals surface area contributed by atoms with Gasteiger partial charge in [0, 0.05) is 13.2 Å². The quantitative estimate of drug-likeness (QED) is 0.376. The second-order valence-corrected chi connectivity index (χ2v) is 5.86. The summed E-state index contributed by atoms with van der Waals surface area (Å²) in [6, 6.07) is 7.37. The Labute approximate surface area is 154 Å². The van der Waals surface area contributed by atoms with Gasteiger partial charge in [-0.25, -0.2) is 4.79 Å². The number of epoxide rings is 1. The van der Waals surface area contributed by atoms with Gasteiger partial charge in [-0.05, 0) is 37.5 Å². The molecule has 1 saturated heterocycles. The third-order valence-corrected chi connectivity index (χ3v) is 3.84. The van der Waals surface area contributed by atoms with Crippen LogP contribution in [0.25, 0.3) is 0 Å². The summed E-state index contributed by atoms with van der Waals surface area (Å²) in [7, 11) is 0. The highest BCUT2D eigenvalue weighted by Crippen LogP contribution is 2.39. The SMILES string of the molecule is CCOCCOCCOCCCCOc1ccc(C2OC2C(=O)O)cc1. The molecule has 1 heterocycles. The highest BCUT2D eigenvalue weighted by atomic mass is 16.6. The molecule has 7 heteroatoms. The lowest BCUT2D eigenvalue weighted by Gasteiger charge is -2.08. The Morgan fingerprint density at radius 3 is 2.19 bits per heavy atom. The summed E-state index contributed by atoms with van der Waals surface area (Å²) in [5.41, 5.74) is 0.863. The van der Waals surface area contributed by atoms with Gasteiger partial charge in [0.15, 0.2) is 6.10 Å². The fourth-order valence-corrected chi connectivity index (χ4v) is 2.39. The molecule has 2 atom stereocenters. The minimum atomic E-state index is -0.922. The van der Waals surface area contributed by atoms with E-state index in [4.69, 9.17) is 28.8 Å². The maximum Gasteiger partial charge on any atom is 0.335 e. The Bertz CT molecular complexity index is 517. The van der Waals surface area contributed by atoms with Crippen LogP contribution >= 0.6 is 0 Å². The molecule has 26 heavy (non-hydrogen) atoms. The van der Waals surface area contributed by atoms with Gasteiger partial charge in [-0.15, -0.1) is 0 Å². The van der Waals surface area contributed by atoms with E-state index in [0.717, 1.165) is 24.2 Å². The van der Waals surface area contributed by atoms with Crippen LogP contribution in [0.1, 0.15) is 31.4 Å². The summed E-state index contributed by atoms with van der Waals surface area (Å²) in [6.45, 7) is 6.39. The van der Waals surface area contributed by atoms with Gasteiger partial charge in [-0.2, -0.15) is 0 Å². The van der Waals surface area contributed by atoms with Crippen LogP contribution in [0.15, 0.2) is 24.3 Å². The van der Waals surface area contributed by atoms with Crippen molar-refractivity contribution >= 4 is 5.97 Å². The Hall–Kier alpha value is -1.67. The number of unbranched alkanes of at least 4 members (excludes halogenated alkanes) is 1. The molecular weight excluding hydrogens is 340 g/mol. The molecule has 2 rings (SSSR count). The second kappa shape index (κ2) is 11.9. The van der Waals surface area contributed by atoms with Gasteiger partial charge in [0.2, 0.25) is 0 Å².